The van der Waals surface area contributed by atoms with Gasteiger partial charge in [-0.25, -0.2) is 9.97 Å². The molecule has 0 bridgehead atoms. The third-order valence-electron chi connectivity index (χ3n) is 4.48. The first-order chi connectivity index (χ1) is 13.8. The molecule has 1 N–H and O–H groups in total. The molecular weight excluding hydrogens is 404 g/mol. The van der Waals surface area contributed by atoms with E-state index in [-0.39, 0.29) is 17.9 Å². The van der Waals surface area contributed by atoms with Crippen molar-refractivity contribution in [2.24, 2.45) is 7.05 Å². The van der Waals surface area contributed by atoms with Crippen LogP contribution in [0.3, 0.4) is 0 Å². The second kappa shape index (κ2) is 9.46. The van der Waals surface area contributed by atoms with Crippen molar-refractivity contribution < 1.29 is 4.79 Å². The lowest BCUT2D eigenvalue weighted by atomic mass is 9.96. The second-order valence-corrected chi connectivity index (χ2v) is 8.82. The standard InChI is InChI=1S/C22H25ClN4OS/c1-14(2)26-19(28)11-15(3)16-5-7-17(8-6-16)21-22(27(4)13-25-21)29-20-10-9-18(23)12-24-20/h5-10,12-15H,11H2,1-4H3,(H,26,28). The Kier molecular flexibility index (Phi) is 6.98. The van der Waals surface area contributed by atoms with Gasteiger partial charge in [0.05, 0.1) is 11.3 Å². The highest BCUT2D eigenvalue weighted by molar-refractivity contribution is 7.99. The fourth-order valence-electron chi connectivity index (χ4n) is 3.01. The number of nitrogens with zero attached hydrogens (tertiary/aromatic N) is 3. The first kappa shape index (κ1) is 21.4. The average molecular weight is 429 g/mol. The van der Waals surface area contributed by atoms with E-state index < -0.39 is 0 Å². The Labute approximate surface area is 180 Å². The fourth-order valence-corrected chi connectivity index (χ4v) is 4.02. The molecule has 7 heteroatoms. The van der Waals surface area contributed by atoms with E-state index in [1.807, 2.05) is 37.6 Å². The minimum Gasteiger partial charge on any atom is -0.354 e. The predicted molar refractivity (Wildman–Crippen MR) is 118 cm³/mol. The number of nitrogens with one attached hydrogen (secondary N) is 1. The number of carbonyl (C=O) groups excluding carboxylic acids is 1. The molecule has 0 saturated carbocycles. The van der Waals surface area contributed by atoms with Crippen molar-refractivity contribution >= 4 is 29.3 Å². The van der Waals surface area contributed by atoms with Crippen LogP contribution in [0.15, 0.2) is 59.0 Å². The summed E-state index contributed by atoms with van der Waals surface area (Å²) in [6.07, 6.45) is 3.93. The monoisotopic (exact) mass is 428 g/mol. The molecule has 2 aromatic heterocycles. The van der Waals surface area contributed by atoms with Gasteiger partial charge in [0.1, 0.15) is 15.7 Å². The quantitative estimate of drug-likeness (QED) is 0.554. The summed E-state index contributed by atoms with van der Waals surface area (Å²) >= 11 is 7.49. The molecule has 0 fully saturated rings. The summed E-state index contributed by atoms with van der Waals surface area (Å²) in [6.45, 7) is 6.02. The van der Waals surface area contributed by atoms with E-state index in [0.717, 1.165) is 26.9 Å². The Morgan fingerprint density at radius 3 is 2.48 bits per heavy atom. The Hall–Kier alpha value is -2.31. The van der Waals surface area contributed by atoms with Crippen LogP contribution in [0.1, 0.15) is 38.7 Å². The zero-order valence-electron chi connectivity index (χ0n) is 17.0. The summed E-state index contributed by atoms with van der Waals surface area (Å²) in [6, 6.07) is 12.2. The van der Waals surface area contributed by atoms with Gasteiger partial charge in [-0.15, -0.1) is 0 Å². The van der Waals surface area contributed by atoms with Crippen molar-refractivity contribution in [2.45, 2.75) is 49.2 Å². The maximum atomic E-state index is 12.0. The van der Waals surface area contributed by atoms with E-state index in [1.165, 1.54) is 0 Å². The lowest BCUT2D eigenvalue weighted by Gasteiger charge is -2.14. The summed E-state index contributed by atoms with van der Waals surface area (Å²) in [5, 5.41) is 5.44. The second-order valence-electron chi connectivity index (χ2n) is 7.38. The molecule has 29 heavy (non-hydrogen) atoms. The molecule has 0 radical (unpaired) electrons. The molecule has 5 nitrogen and oxygen atoms in total. The molecular formula is C22H25ClN4OS. The van der Waals surface area contributed by atoms with Crippen molar-refractivity contribution in [3.63, 3.8) is 0 Å². The van der Waals surface area contributed by atoms with Crippen molar-refractivity contribution in [3.05, 3.63) is 59.5 Å². The highest BCUT2D eigenvalue weighted by Crippen LogP contribution is 2.35. The number of amides is 1. The summed E-state index contributed by atoms with van der Waals surface area (Å²) in [5.41, 5.74) is 3.08. The predicted octanol–water partition coefficient (Wildman–Crippen LogP) is 5.30. The molecule has 0 aliphatic rings. The minimum absolute atomic E-state index is 0.0791. The highest BCUT2D eigenvalue weighted by Gasteiger charge is 2.16. The zero-order chi connectivity index (χ0) is 21.0. The van der Waals surface area contributed by atoms with Crippen molar-refractivity contribution in [1.29, 1.82) is 0 Å². The van der Waals surface area contributed by atoms with Gasteiger partial charge < -0.3 is 9.88 Å². The van der Waals surface area contributed by atoms with E-state index in [1.54, 1.807) is 24.3 Å². The highest BCUT2D eigenvalue weighted by atomic mass is 35.5. The largest absolute Gasteiger partial charge is 0.354 e. The van der Waals surface area contributed by atoms with E-state index in [2.05, 4.69) is 46.5 Å². The number of carbonyl (C=O) groups is 1. The van der Waals surface area contributed by atoms with Gasteiger partial charge in [-0.05, 0) is 49.2 Å². The van der Waals surface area contributed by atoms with Crippen LogP contribution < -0.4 is 5.32 Å². The number of rotatable bonds is 7. The molecule has 3 rings (SSSR count). The van der Waals surface area contributed by atoms with Crippen molar-refractivity contribution in [1.82, 2.24) is 19.9 Å². The van der Waals surface area contributed by atoms with Crippen LogP contribution in [0.25, 0.3) is 11.3 Å². The van der Waals surface area contributed by atoms with Crippen LogP contribution in [0.4, 0.5) is 0 Å². The van der Waals surface area contributed by atoms with Gasteiger partial charge in [-0.1, -0.05) is 42.8 Å². The first-order valence-electron chi connectivity index (χ1n) is 9.54. The molecule has 0 spiro atoms. The molecule has 2 heterocycles. The van der Waals surface area contributed by atoms with Gasteiger partial charge >= 0.3 is 0 Å². The van der Waals surface area contributed by atoms with E-state index in [9.17, 15) is 4.79 Å². The molecule has 0 aliphatic carbocycles. The molecule has 152 valence electrons. The third kappa shape index (κ3) is 5.61. The molecule has 1 amide bonds. The summed E-state index contributed by atoms with van der Waals surface area (Å²) in [7, 11) is 1.97. The summed E-state index contributed by atoms with van der Waals surface area (Å²) in [5.74, 6) is 0.231. The Balaban J connectivity index is 1.76. The third-order valence-corrected chi connectivity index (χ3v) is 5.83. The molecule has 1 aromatic carbocycles. The van der Waals surface area contributed by atoms with E-state index in [0.29, 0.717) is 11.4 Å². The van der Waals surface area contributed by atoms with Gasteiger partial charge in [0.15, 0.2) is 0 Å². The van der Waals surface area contributed by atoms with E-state index >= 15 is 0 Å². The fraction of sp³-hybridized carbons (Fsp3) is 0.318. The van der Waals surface area contributed by atoms with Gasteiger partial charge in [0, 0.05) is 31.3 Å². The normalized spacial score (nSPS) is 12.2. The van der Waals surface area contributed by atoms with Crippen LogP contribution in [-0.4, -0.2) is 26.5 Å². The van der Waals surface area contributed by atoms with E-state index in [4.69, 9.17) is 11.6 Å². The SMILES string of the molecule is CC(C)NC(=O)CC(C)c1ccc(-c2ncn(C)c2Sc2ccc(Cl)cn2)cc1. The number of pyridine rings is 1. The average Bonchev–Trinajstić information content (AvgIpc) is 3.03. The molecule has 1 atom stereocenters. The lowest BCUT2D eigenvalue weighted by Crippen LogP contribution is -2.30. The maximum Gasteiger partial charge on any atom is 0.220 e. The maximum absolute atomic E-state index is 12.0. The van der Waals surface area contributed by atoms with Gasteiger partial charge in [0.25, 0.3) is 0 Å². The van der Waals surface area contributed by atoms with Crippen molar-refractivity contribution in [3.8, 4) is 11.3 Å². The molecule has 1 unspecified atom stereocenters. The zero-order valence-corrected chi connectivity index (χ0v) is 18.6. The number of benzene rings is 1. The van der Waals surface area contributed by atoms with Crippen LogP contribution in [-0.2, 0) is 11.8 Å². The van der Waals surface area contributed by atoms with Crippen LogP contribution in [0.2, 0.25) is 5.02 Å². The Morgan fingerprint density at radius 1 is 1.14 bits per heavy atom. The van der Waals surface area contributed by atoms with Crippen LogP contribution in [0, 0.1) is 0 Å². The first-order valence-corrected chi connectivity index (χ1v) is 10.7. The number of hydrogen-bond acceptors (Lipinski definition) is 4. The van der Waals surface area contributed by atoms with Gasteiger partial charge in [-0.2, -0.15) is 0 Å². The van der Waals surface area contributed by atoms with Gasteiger partial charge in [-0.3, -0.25) is 4.79 Å². The number of aromatic nitrogens is 3. The smallest absolute Gasteiger partial charge is 0.220 e. The molecule has 0 aliphatic heterocycles. The van der Waals surface area contributed by atoms with Crippen molar-refractivity contribution in [2.75, 3.05) is 0 Å². The number of halogens is 1. The molecule has 0 saturated heterocycles. The number of imidazole rings is 1. The summed E-state index contributed by atoms with van der Waals surface area (Å²) in [4.78, 5) is 21.0. The topological polar surface area (TPSA) is 59.8 Å². The Bertz CT molecular complexity index is 967. The van der Waals surface area contributed by atoms with Crippen LogP contribution in [0.5, 0.6) is 0 Å². The summed E-state index contributed by atoms with van der Waals surface area (Å²) < 4.78 is 1.99. The number of hydrogen-bond donors (Lipinski definition) is 1. The minimum atomic E-state index is 0.0791. The van der Waals surface area contributed by atoms with Crippen LogP contribution >= 0.6 is 23.4 Å². The van der Waals surface area contributed by atoms with Gasteiger partial charge in [0.2, 0.25) is 5.91 Å². The number of aryl methyl sites for hydroxylation is 1. The molecule has 3 aromatic rings. The lowest BCUT2D eigenvalue weighted by molar-refractivity contribution is -0.121. The Morgan fingerprint density at radius 2 is 1.86 bits per heavy atom.